The van der Waals surface area contributed by atoms with Crippen LogP contribution in [0.1, 0.15) is 5.56 Å². The van der Waals surface area contributed by atoms with Gasteiger partial charge in [-0.25, -0.2) is 4.98 Å². The van der Waals surface area contributed by atoms with E-state index in [1.54, 1.807) is 12.4 Å². The topological polar surface area (TPSA) is 58.6 Å². The molecule has 104 valence electrons. The summed E-state index contributed by atoms with van der Waals surface area (Å²) in [5.74, 6) is 0.546. The molecule has 5 heteroatoms. The van der Waals surface area contributed by atoms with E-state index in [1.807, 2.05) is 65.9 Å². The number of nitrogens with zero attached hydrogens (tertiary/aromatic N) is 2. The number of aromatic nitrogens is 3. The molecule has 0 amide bonds. The molecule has 21 heavy (non-hydrogen) atoms. The minimum absolute atomic E-state index is 0.136. The highest BCUT2D eigenvalue weighted by Crippen LogP contribution is 2.24. The van der Waals surface area contributed by atoms with Crippen molar-refractivity contribution in [1.29, 1.82) is 0 Å². The summed E-state index contributed by atoms with van der Waals surface area (Å²) < 4.78 is 0.587. The Hall–Kier alpha value is -2.02. The number of H-pyrrole nitrogens is 1. The van der Waals surface area contributed by atoms with Gasteiger partial charge in [-0.1, -0.05) is 30.3 Å². The van der Waals surface area contributed by atoms with Crippen LogP contribution in [0, 0.1) is 10.5 Å². The molecule has 0 spiro atoms. The van der Waals surface area contributed by atoms with Crippen LogP contribution >= 0.6 is 22.6 Å². The summed E-state index contributed by atoms with van der Waals surface area (Å²) in [4.78, 5) is 23.8. The Labute approximate surface area is 135 Å². The standard InChI is InChI=1S/C16H12IN3O/c1-10-7-8-18-9-12(10)15-19-14(13(17)16(21)20-15)11-5-3-2-4-6-11/h2-9H,1H3,(H,19,20,21). The van der Waals surface area contributed by atoms with E-state index < -0.39 is 0 Å². The molecular weight excluding hydrogens is 377 g/mol. The van der Waals surface area contributed by atoms with E-state index in [2.05, 4.69) is 15.0 Å². The number of hydrogen-bond acceptors (Lipinski definition) is 3. The van der Waals surface area contributed by atoms with Gasteiger partial charge in [0.2, 0.25) is 0 Å². The molecule has 1 N–H and O–H groups in total. The second-order valence-corrected chi connectivity index (χ2v) is 5.71. The van der Waals surface area contributed by atoms with E-state index in [0.717, 1.165) is 16.7 Å². The normalized spacial score (nSPS) is 10.6. The number of nitrogens with one attached hydrogen (secondary N) is 1. The van der Waals surface area contributed by atoms with E-state index in [-0.39, 0.29) is 5.56 Å². The first-order chi connectivity index (χ1) is 10.2. The summed E-state index contributed by atoms with van der Waals surface area (Å²) in [5.41, 5.74) is 3.34. The summed E-state index contributed by atoms with van der Waals surface area (Å²) in [6, 6.07) is 11.6. The molecule has 0 bridgehead atoms. The van der Waals surface area contributed by atoms with Crippen LogP contribution in [-0.2, 0) is 0 Å². The minimum Gasteiger partial charge on any atom is -0.306 e. The van der Waals surface area contributed by atoms with Crippen molar-refractivity contribution in [3.8, 4) is 22.6 Å². The van der Waals surface area contributed by atoms with Crippen LogP contribution in [0.2, 0.25) is 0 Å². The van der Waals surface area contributed by atoms with E-state index in [9.17, 15) is 4.79 Å². The Balaban J connectivity index is 2.24. The first kappa shape index (κ1) is 13.9. The Morgan fingerprint density at radius 3 is 2.62 bits per heavy atom. The first-order valence-electron chi connectivity index (χ1n) is 6.43. The zero-order valence-electron chi connectivity index (χ0n) is 11.3. The predicted molar refractivity (Wildman–Crippen MR) is 91.0 cm³/mol. The molecule has 0 saturated carbocycles. The maximum absolute atomic E-state index is 12.2. The number of halogens is 1. The van der Waals surface area contributed by atoms with Crippen molar-refractivity contribution in [1.82, 2.24) is 15.0 Å². The van der Waals surface area contributed by atoms with Gasteiger partial charge < -0.3 is 4.98 Å². The molecular formula is C16H12IN3O. The lowest BCUT2D eigenvalue weighted by atomic mass is 10.1. The smallest absolute Gasteiger partial charge is 0.265 e. The van der Waals surface area contributed by atoms with E-state index in [0.29, 0.717) is 15.1 Å². The van der Waals surface area contributed by atoms with E-state index in [4.69, 9.17) is 0 Å². The van der Waals surface area contributed by atoms with Gasteiger partial charge in [-0.2, -0.15) is 0 Å². The van der Waals surface area contributed by atoms with Crippen molar-refractivity contribution < 1.29 is 0 Å². The maximum atomic E-state index is 12.2. The van der Waals surface area contributed by atoms with Gasteiger partial charge in [0, 0.05) is 23.5 Å². The molecule has 0 saturated heterocycles. The summed E-state index contributed by atoms with van der Waals surface area (Å²) >= 11 is 2.03. The third-order valence-corrected chi connectivity index (χ3v) is 4.21. The number of pyridine rings is 1. The molecule has 1 aromatic carbocycles. The quantitative estimate of drug-likeness (QED) is 0.684. The van der Waals surface area contributed by atoms with Crippen LogP contribution in [0.4, 0.5) is 0 Å². The molecule has 3 aromatic rings. The molecule has 0 radical (unpaired) electrons. The molecule has 0 aliphatic carbocycles. The predicted octanol–water partition coefficient (Wildman–Crippen LogP) is 3.41. The van der Waals surface area contributed by atoms with Gasteiger partial charge in [0.15, 0.2) is 0 Å². The SMILES string of the molecule is Cc1ccncc1-c1nc(-c2ccccc2)c(I)c(=O)[nH]1. The summed E-state index contributed by atoms with van der Waals surface area (Å²) in [5, 5.41) is 0. The fraction of sp³-hybridized carbons (Fsp3) is 0.0625. The molecule has 2 heterocycles. The molecule has 0 aliphatic rings. The second-order valence-electron chi connectivity index (χ2n) is 4.63. The Kier molecular flexibility index (Phi) is 3.83. The Morgan fingerprint density at radius 2 is 1.90 bits per heavy atom. The van der Waals surface area contributed by atoms with Crippen molar-refractivity contribution in [2.24, 2.45) is 0 Å². The summed E-state index contributed by atoms with van der Waals surface area (Å²) in [6.07, 6.45) is 3.44. The largest absolute Gasteiger partial charge is 0.306 e. The van der Waals surface area contributed by atoms with Crippen LogP contribution in [0.3, 0.4) is 0 Å². The van der Waals surface area contributed by atoms with Crippen molar-refractivity contribution >= 4 is 22.6 Å². The third kappa shape index (κ3) is 2.73. The average molecular weight is 389 g/mol. The van der Waals surface area contributed by atoms with Gasteiger partial charge in [0.05, 0.1) is 5.69 Å². The number of aryl methyl sites for hydroxylation is 1. The number of rotatable bonds is 2. The van der Waals surface area contributed by atoms with E-state index >= 15 is 0 Å². The lowest BCUT2D eigenvalue weighted by Gasteiger charge is -2.08. The van der Waals surface area contributed by atoms with Gasteiger partial charge in [-0.15, -0.1) is 0 Å². The molecule has 0 unspecified atom stereocenters. The fourth-order valence-corrected chi connectivity index (χ4v) is 2.65. The molecule has 4 nitrogen and oxygen atoms in total. The highest BCUT2D eigenvalue weighted by atomic mass is 127. The monoisotopic (exact) mass is 389 g/mol. The highest BCUT2D eigenvalue weighted by Gasteiger charge is 2.13. The fourth-order valence-electron chi connectivity index (χ4n) is 2.09. The molecule has 2 aromatic heterocycles. The Morgan fingerprint density at radius 1 is 1.14 bits per heavy atom. The highest BCUT2D eigenvalue weighted by molar-refractivity contribution is 14.1. The van der Waals surface area contributed by atoms with Crippen molar-refractivity contribution in [2.75, 3.05) is 0 Å². The van der Waals surface area contributed by atoms with Crippen LogP contribution in [0.25, 0.3) is 22.6 Å². The van der Waals surface area contributed by atoms with Crippen molar-refractivity contribution in [3.05, 3.63) is 68.3 Å². The summed E-state index contributed by atoms with van der Waals surface area (Å²) in [7, 11) is 0. The molecule has 0 atom stereocenters. The zero-order chi connectivity index (χ0) is 14.8. The van der Waals surface area contributed by atoms with Crippen LogP contribution in [0.5, 0.6) is 0 Å². The molecule has 0 aliphatic heterocycles. The lowest BCUT2D eigenvalue weighted by Crippen LogP contribution is -2.14. The minimum atomic E-state index is -0.136. The number of benzene rings is 1. The zero-order valence-corrected chi connectivity index (χ0v) is 13.5. The van der Waals surface area contributed by atoms with Crippen LogP contribution in [0.15, 0.2) is 53.6 Å². The average Bonchev–Trinajstić information content (AvgIpc) is 2.51. The molecule has 0 fully saturated rings. The van der Waals surface area contributed by atoms with E-state index in [1.165, 1.54) is 0 Å². The molecule has 3 rings (SSSR count). The second kappa shape index (κ2) is 5.77. The van der Waals surface area contributed by atoms with Gasteiger partial charge in [0.1, 0.15) is 9.39 Å². The van der Waals surface area contributed by atoms with Crippen LogP contribution < -0.4 is 5.56 Å². The number of hydrogen-bond donors (Lipinski definition) is 1. The lowest BCUT2D eigenvalue weighted by molar-refractivity contribution is 1.10. The maximum Gasteiger partial charge on any atom is 0.265 e. The van der Waals surface area contributed by atoms with Gasteiger partial charge in [-0.05, 0) is 41.1 Å². The van der Waals surface area contributed by atoms with Gasteiger partial charge in [-0.3, -0.25) is 9.78 Å². The van der Waals surface area contributed by atoms with Crippen molar-refractivity contribution in [2.45, 2.75) is 6.92 Å². The van der Waals surface area contributed by atoms with Crippen molar-refractivity contribution in [3.63, 3.8) is 0 Å². The van der Waals surface area contributed by atoms with Crippen LogP contribution in [-0.4, -0.2) is 15.0 Å². The van der Waals surface area contributed by atoms with Gasteiger partial charge >= 0.3 is 0 Å². The number of aromatic amines is 1. The van der Waals surface area contributed by atoms with Gasteiger partial charge in [0.25, 0.3) is 5.56 Å². The summed E-state index contributed by atoms with van der Waals surface area (Å²) in [6.45, 7) is 1.97. The Bertz CT molecular complexity index is 844. The third-order valence-electron chi connectivity index (χ3n) is 3.20. The first-order valence-corrected chi connectivity index (χ1v) is 7.51.